The second kappa shape index (κ2) is 8.23. The van der Waals surface area contributed by atoms with Gasteiger partial charge in [0.1, 0.15) is 0 Å². The van der Waals surface area contributed by atoms with Gasteiger partial charge in [-0.25, -0.2) is 0 Å². The van der Waals surface area contributed by atoms with Gasteiger partial charge in [0, 0.05) is 19.3 Å². The summed E-state index contributed by atoms with van der Waals surface area (Å²) < 4.78 is 14.5. The van der Waals surface area contributed by atoms with E-state index in [-0.39, 0.29) is 0 Å². The first-order chi connectivity index (χ1) is 7.56. The van der Waals surface area contributed by atoms with Crippen LogP contribution in [0.25, 0.3) is 0 Å². The van der Waals surface area contributed by atoms with E-state index in [9.17, 15) is 0 Å². The molecule has 98 valence electrons. The summed E-state index contributed by atoms with van der Waals surface area (Å²) in [6.45, 7) is 16.5. The molecular formula is C12H29NO2Si. The fraction of sp³-hybridized carbons (Fsp3) is 1.00. The van der Waals surface area contributed by atoms with E-state index in [4.69, 9.17) is 8.85 Å². The molecule has 0 aliphatic heterocycles. The molecule has 0 fully saturated rings. The third kappa shape index (κ3) is 4.53. The van der Waals surface area contributed by atoms with Crippen LogP contribution in [-0.2, 0) is 8.85 Å². The van der Waals surface area contributed by atoms with E-state index in [1.165, 1.54) is 0 Å². The van der Waals surface area contributed by atoms with Gasteiger partial charge in [-0.1, -0.05) is 27.7 Å². The van der Waals surface area contributed by atoms with Gasteiger partial charge >= 0.3 is 8.72 Å². The lowest BCUT2D eigenvalue weighted by atomic mass is 10.3. The predicted molar refractivity (Wildman–Crippen MR) is 71.6 cm³/mol. The largest absolute Gasteiger partial charge is 0.428 e. The number of rotatable bonds is 9. The molecule has 0 saturated carbocycles. The van der Waals surface area contributed by atoms with Crippen molar-refractivity contribution in [1.82, 2.24) is 4.57 Å². The molecule has 0 rings (SSSR count). The van der Waals surface area contributed by atoms with Crippen LogP contribution in [0.5, 0.6) is 0 Å². The average Bonchev–Trinajstić information content (AvgIpc) is 2.19. The lowest BCUT2D eigenvalue weighted by Gasteiger charge is -2.39. The minimum absolute atomic E-state index is 0.616. The molecule has 0 heterocycles. The van der Waals surface area contributed by atoms with Crippen molar-refractivity contribution >= 4 is 8.72 Å². The highest BCUT2D eigenvalue weighted by Gasteiger charge is 2.43. The van der Waals surface area contributed by atoms with Crippen molar-refractivity contribution in [2.24, 2.45) is 5.92 Å². The molecule has 0 aliphatic carbocycles. The highest BCUT2D eigenvalue weighted by atomic mass is 28.4. The van der Waals surface area contributed by atoms with Crippen LogP contribution in [0.15, 0.2) is 0 Å². The van der Waals surface area contributed by atoms with Crippen LogP contribution in [0, 0.1) is 5.92 Å². The Morgan fingerprint density at radius 2 is 1.38 bits per heavy atom. The zero-order valence-electron chi connectivity index (χ0n) is 11.9. The fourth-order valence-corrected chi connectivity index (χ4v) is 5.98. The second-order valence-electron chi connectivity index (χ2n) is 4.35. The van der Waals surface area contributed by atoms with Gasteiger partial charge in [-0.2, -0.15) is 0 Å². The summed E-state index contributed by atoms with van der Waals surface area (Å²) in [6, 6.07) is 1.05. The lowest BCUT2D eigenvalue weighted by Crippen LogP contribution is -2.59. The number of hydrogen-bond donors (Lipinski definition) is 0. The average molecular weight is 247 g/mol. The Morgan fingerprint density at radius 3 is 1.62 bits per heavy atom. The van der Waals surface area contributed by atoms with Crippen molar-refractivity contribution in [2.75, 3.05) is 26.3 Å². The Morgan fingerprint density at radius 1 is 0.938 bits per heavy atom. The Labute approximate surface area is 102 Å². The molecule has 0 radical (unpaired) electrons. The molecule has 0 atom stereocenters. The standard InChI is InChI=1S/C12H29NO2Si/c1-7-13(8-2)16(14-9-3,15-10-4)11-12(5)6/h12H,7-11H2,1-6H3. The molecule has 16 heavy (non-hydrogen) atoms. The van der Waals surface area contributed by atoms with Crippen molar-refractivity contribution in [1.29, 1.82) is 0 Å². The van der Waals surface area contributed by atoms with Gasteiger partial charge in [-0.3, -0.25) is 4.57 Å². The summed E-state index contributed by atoms with van der Waals surface area (Å²) in [5.74, 6) is 0.616. The Kier molecular flexibility index (Phi) is 8.28. The second-order valence-corrected chi connectivity index (χ2v) is 7.39. The van der Waals surface area contributed by atoms with E-state index >= 15 is 0 Å². The van der Waals surface area contributed by atoms with E-state index < -0.39 is 8.72 Å². The van der Waals surface area contributed by atoms with Gasteiger partial charge in [0.15, 0.2) is 0 Å². The summed E-state index contributed by atoms with van der Waals surface area (Å²) in [5.41, 5.74) is 0. The maximum Gasteiger partial charge on any atom is 0.428 e. The van der Waals surface area contributed by atoms with Gasteiger partial charge in [-0.05, 0) is 32.9 Å². The maximum atomic E-state index is 6.07. The fourth-order valence-electron chi connectivity index (χ4n) is 2.14. The van der Waals surface area contributed by atoms with Crippen LogP contribution in [0.2, 0.25) is 6.04 Å². The van der Waals surface area contributed by atoms with Gasteiger partial charge < -0.3 is 8.85 Å². The number of hydrogen-bond acceptors (Lipinski definition) is 3. The summed E-state index contributed by atoms with van der Waals surface area (Å²) in [7, 11) is -2.15. The third-order valence-electron chi connectivity index (χ3n) is 2.65. The first-order valence-corrected chi connectivity index (χ1v) is 8.56. The summed E-state index contributed by atoms with van der Waals surface area (Å²) in [6.07, 6.45) is 0. The van der Waals surface area contributed by atoms with E-state index in [2.05, 4.69) is 46.1 Å². The molecule has 0 bridgehead atoms. The quantitative estimate of drug-likeness (QED) is 0.585. The molecule has 0 saturated heterocycles. The number of nitrogens with zero attached hydrogens (tertiary/aromatic N) is 1. The minimum Gasteiger partial charge on any atom is -0.383 e. The SMILES string of the molecule is CCO[Si](CC(C)C)(OCC)N(CC)CC. The molecule has 0 spiro atoms. The van der Waals surface area contributed by atoms with Crippen LogP contribution in [0.4, 0.5) is 0 Å². The molecule has 0 amide bonds. The Hall–Kier alpha value is 0.0969. The molecule has 0 aliphatic rings. The Balaban J connectivity index is 4.88. The highest BCUT2D eigenvalue weighted by molar-refractivity contribution is 6.64. The highest BCUT2D eigenvalue weighted by Crippen LogP contribution is 2.23. The topological polar surface area (TPSA) is 21.7 Å². The van der Waals surface area contributed by atoms with Crippen LogP contribution in [0.1, 0.15) is 41.5 Å². The Bertz CT molecular complexity index is 166. The zero-order valence-corrected chi connectivity index (χ0v) is 12.9. The van der Waals surface area contributed by atoms with Crippen LogP contribution in [-0.4, -0.2) is 39.6 Å². The molecular weight excluding hydrogens is 218 g/mol. The first kappa shape index (κ1) is 16.1. The van der Waals surface area contributed by atoms with E-state index in [1.807, 2.05) is 0 Å². The molecule has 0 unspecified atom stereocenters. The first-order valence-electron chi connectivity index (χ1n) is 6.59. The molecule has 3 nitrogen and oxygen atoms in total. The summed E-state index contributed by atoms with van der Waals surface area (Å²) in [4.78, 5) is 0. The monoisotopic (exact) mass is 247 g/mol. The molecule has 0 aromatic rings. The summed E-state index contributed by atoms with van der Waals surface area (Å²) in [5, 5.41) is 0. The van der Waals surface area contributed by atoms with E-state index in [1.54, 1.807) is 0 Å². The third-order valence-corrected chi connectivity index (χ3v) is 7.06. The van der Waals surface area contributed by atoms with E-state index in [0.29, 0.717) is 5.92 Å². The van der Waals surface area contributed by atoms with Crippen molar-refractivity contribution in [3.8, 4) is 0 Å². The predicted octanol–water partition coefficient (Wildman–Crippen LogP) is 3.00. The normalized spacial score (nSPS) is 12.8. The summed E-state index contributed by atoms with van der Waals surface area (Å²) >= 11 is 0. The van der Waals surface area contributed by atoms with Crippen LogP contribution in [0.3, 0.4) is 0 Å². The molecule has 0 aromatic carbocycles. The van der Waals surface area contributed by atoms with Gasteiger partial charge in [0.2, 0.25) is 0 Å². The maximum absolute atomic E-state index is 6.07. The smallest absolute Gasteiger partial charge is 0.383 e. The van der Waals surface area contributed by atoms with Crippen LogP contribution >= 0.6 is 0 Å². The van der Waals surface area contributed by atoms with Gasteiger partial charge in [-0.15, -0.1) is 0 Å². The lowest BCUT2D eigenvalue weighted by molar-refractivity contribution is 0.120. The van der Waals surface area contributed by atoms with Crippen molar-refractivity contribution in [3.05, 3.63) is 0 Å². The molecule has 4 heteroatoms. The van der Waals surface area contributed by atoms with Gasteiger partial charge in [0.25, 0.3) is 0 Å². The van der Waals surface area contributed by atoms with Gasteiger partial charge in [0.05, 0.1) is 0 Å². The van der Waals surface area contributed by atoms with Crippen molar-refractivity contribution in [3.63, 3.8) is 0 Å². The molecule has 0 aromatic heterocycles. The van der Waals surface area contributed by atoms with Crippen molar-refractivity contribution < 1.29 is 8.85 Å². The van der Waals surface area contributed by atoms with Crippen molar-refractivity contribution in [2.45, 2.75) is 47.6 Å². The molecule has 0 N–H and O–H groups in total. The zero-order chi connectivity index (χ0) is 12.6. The minimum atomic E-state index is -2.15. The van der Waals surface area contributed by atoms with Crippen LogP contribution < -0.4 is 0 Å². The van der Waals surface area contributed by atoms with E-state index in [0.717, 1.165) is 32.3 Å².